The molecular formula is C20H35ClIN5. The van der Waals surface area contributed by atoms with Crippen LogP contribution in [0.4, 0.5) is 0 Å². The summed E-state index contributed by atoms with van der Waals surface area (Å²) >= 11 is 5.82. The lowest BCUT2D eigenvalue weighted by atomic mass is 10.1. The molecular weight excluding hydrogens is 473 g/mol. The first kappa shape index (κ1) is 24.4. The number of rotatable bonds is 10. The van der Waals surface area contributed by atoms with Crippen molar-refractivity contribution < 1.29 is 0 Å². The summed E-state index contributed by atoms with van der Waals surface area (Å²) in [6.07, 6.45) is 10.6. The van der Waals surface area contributed by atoms with Gasteiger partial charge < -0.3 is 15.5 Å². The van der Waals surface area contributed by atoms with Crippen LogP contribution in [-0.2, 0) is 6.42 Å². The summed E-state index contributed by atoms with van der Waals surface area (Å²) in [5, 5.41) is 7.25. The Balaban J connectivity index is 0.00000364. The molecule has 2 N–H and O–H groups in total. The van der Waals surface area contributed by atoms with Crippen LogP contribution < -0.4 is 10.6 Å². The second-order valence-corrected chi connectivity index (χ2v) is 7.28. The fourth-order valence-electron chi connectivity index (χ4n) is 3.22. The molecule has 0 radical (unpaired) electrons. The Labute approximate surface area is 186 Å². The van der Waals surface area contributed by atoms with E-state index in [1.807, 2.05) is 18.3 Å². The standard InChI is InChI=1S/C20H34ClN5.HI/c1-2-22-20(24-13-11-18-9-10-19(21)25-17-18)23-12-5-3-6-14-26-15-7-4-8-16-26;/h9-10,17H,2-8,11-16H2,1H3,(H2,22,23,24);1H. The predicted molar refractivity (Wildman–Crippen MR) is 126 cm³/mol. The number of hydrogen-bond acceptors (Lipinski definition) is 3. The van der Waals surface area contributed by atoms with E-state index in [0.717, 1.165) is 38.4 Å². The molecule has 2 rings (SSSR count). The van der Waals surface area contributed by atoms with Crippen molar-refractivity contribution in [1.82, 2.24) is 20.5 Å². The van der Waals surface area contributed by atoms with E-state index in [-0.39, 0.29) is 24.0 Å². The average molecular weight is 508 g/mol. The second-order valence-electron chi connectivity index (χ2n) is 6.89. The van der Waals surface area contributed by atoms with Crippen molar-refractivity contribution in [2.75, 3.05) is 39.3 Å². The molecule has 0 bridgehead atoms. The molecule has 0 aliphatic carbocycles. The Hall–Kier alpha value is -0.600. The molecule has 2 heterocycles. The molecule has 0 amide bonds. The van der Waals surface area contributed by atoms with Crippen molar-refractivity contribution in [3.05, 3.63) is 29.0 Å². The molecule has 0 spiro atoms. The molecule has 7 heteroatoms. The van der Waals surface area contributed by atoms with Gasteiger partial charge in [-0.2, -0.15) is 0 Å². The van der Waals surface area contributed by atoms with E-state index in [4.69, 9.17) is 11.6 Å². The predicted octanol–water partition coefficient (Wildman–Crippen LogP) is 4.11. The highest BCUT2D eigenvalue weighted by Crippen LogP contribution is 2.10. The fraction of sp³-hybridized carbons (Fsp3) is 0.700. The summed E-state index contributed by atoms with van der Waals surface area (Å²) < 4.78 is 0. The van der Waals surface area contributed by atoms with Gasteiger partial charge in [-0.3, -0.25) is 4.99 Å². The van der Waals surface area contributed by atoms with E-state index in [2.05, 4.69) is 32.4 Å². The van der Waals surface area contributed by atoms with Crippen molar-refractivity contribution in [2.45, 2.75) is 51.9 Å². The Morgan fingerprint density at radius 2 is 1.96 bits per heavy atom. The first-order valence-corrected chi connectivity index (χ1v) is 10.5. The average Bonchev–Trinajstić information content (AvgIpc) is 2.67. The second kappa shape index (κ2) is 15.3. The highest BCUT2D eigenvalue weighted by Gasteiger charge is 2.08. The number of nitrogens with zero attached hydrogens (tertiary/aromatic N) is 3. The van der Waals surface area contributed by atoms with Gasteiger partial charge in [0.15, 0.2) is 5.96 Å². The zero-order chi connectivity index (χ0) is 18.5. The minimum atomic E-state index is 0. The molecule has 0 saturated carbocycles. The topological polar surface area (TPSA) is 52.6 Å². The van der Waals surface area contributed by atoms with Crippen molar-refractivity contribution in [3.63, 3.8) is 0 Å². The number of guanidine groups is 1. The highest BCUT2D eigenvalue weighted by molar-refractivity contribution is 14.0. The zero-order valence-corrected chi connectivity index (χ0v) is 19.6. The number of aromatic nitrogens is 1. The van der Waals surface area contributed by atoms with Crippen molar-refractivity contribution in [2.24, 2.45) is 4.99 Å². The van der Waals surface area contributed by atoms with Gasteiger partial charge in [-0.25, -0.2) is 4.98 Å². The quantitative estimate of drug-likeness (QED) is 0.165. The lowest BCUT2D eigenvalue weighted by molar-refractivity contribution is 0.224. The van der Waals surface area contributed by atoms with Crippen LogP contribution in [0.5, 0.6) is 0 Å². The van der Waals surface area contributed by atoms with E-state index >= 15 is 0 Å². The van der Waals surface area contributed by atoms with Crippen LogP contribution in [0.2, 0.25) is 5.15 Å². The maximum absolute atomic E-state index is 5.82. The molecule has 1 aliphatic rings. The summed E-state index contributed by atoms with van der Waals surface area (Å²) in [5.74, 6) is 0.908. The molecule has 27 heavy (non-hydrogen) atoms. The SMILES string of the molecule is CCNC(=NCCCCCN1CCCCC1)NCCc1ccc(Cl)nc1.I. The van der Waals surface area contributed by atoms with Crippen LogP contribution in [0, 0.1) is 0 Å². The van der Waals surface area contributed by atoms with Crippen LogP contribution in [0.25, 0.3) is 0 Å². The largest absolute Gasteiger partial charge is 0.357 e. The van der Waals surface area contributed by atoms with Crippen LogP contribution in [0.15, 0.2) is 23.3 Å². The molecule has 1 aromatic heterocycles. The Kier molecular flexibility index (Phi) is 13.9. The summed E-state index contributed by atoms with van der Waals surface area (Å²) in [6, 6.07) is 3.85. The number of halogens is 2. The normalized spacial score (nSPS) is 15.3. The van der Waals surface area contributed by atoms with Crippen molar-refractivity contribution in [3.8, 4) is 0 Å². The van der Waals surface area contributed by atoms with Gasteiger partial charge in [0.25, 0.3) is 0 Å². The lowest BCUT2D eigenvalue weighted by Gasteiger charge is -2.26. The van der Waals surface area contributed by atoms with Gasteiger partial charge in [0, 0.05) is 25.8 Å². The number of hydrogen-bond donors (Lipinski definition) is 2. The van der Waals surface area contributed by atoms with Crippen LogP contribution in [-0.4, -0.2) is 55.1 Å². The Bertz CT molecular complexity index is 518. The van der Waals surface area contributed by atoms with Gasteiger partial charge in [0.1, 0.15) is 5.15 Å². The number of nitrogens with one attached hydrogen (secondary N) is 2. The van der Waals surface area contributed by atoms with Crippen molar-refractivity contribution >= 4 is 41.5 Å². The molecule has 0 aromatic carbocycles. The van der Waals surface area contributed by atoms with Gasteiger partial charge in [-0.15, -0.1) is 24.0 Å². The third-order valence-electron chi connectivity index (χ3n) is 4.69. The fourth-order valence-corrected chi connectivity index (χ4v) is 3.33. The summed E-state index contributed by atoms with van der Waals surface area (Å²) in [6.45, 7) is 8.56. The van der Waals surface area contributed by atoms with E-state index in [1.165, 1.54) is 57.3 Å². The Morgan fingerprint density at radius 1 is 1.15 bits per heavy atom. The molecule has 1 aromatic rings. The van der Waals surface area contributed by atoms with E-state index in [0.29, 0.717) is 5.15 Å². The number of piperidine rings is 1. The molecule has 0 atom stereocenters. The molecule has 154 valence electrons. The molecule has 1 saturated heterocycles. The van der Waals surface area contributed by atoms with E-state index in [1.54, 1.807) is 0 Å². The minimum Gasteiger partial charge on any atom is -0.357 e. The first-order valence-electron chi connectivity index (χ1n) is 10.1. The van der Waals surface area contributed by atoms with E-state index in [9.17, 15) is 0 Å². The number of aliphatic imine (C=N–C) groups is 1. The number of pyridine rings is 1. The Morgan fingerprint density at radius 3 is 2.67 bits per heavy atom. The highest BCUT2D eigenvalue weighted by atomic mass is 127. The van der Waals surface area contributed by atoms with Crippen LogP contribution in [0.1, 0.15) is 51.0 Å². The van der Waals surface area contributed by atoms with Gasteiger partial charge in [-0.05, 0) is 70.3 Å². The van der Waals surface area contributed by atoms with Gasteiger partial charge in [-0.1, -0.05) is 30.5 Å². The van der Waals surface area contributed by atoms with Crippen LogP contribution >= 0.6 is 35.6 Å². The number of unbranched alkanes of at least 4 members (excludes halogenated alkanes) is 2. The molecule has 1 fully saturated rings. The lowest BCUT2D eigenvalue weighted by Crippen LogP contribution is -2.38. The minimum absolute atomic E-state index is 0. The maximum atomic E-state index is 5.82. The number of likely N-dealkylation sites (tertiary alicyclic amines) is 1. The monoisotopic (exact) mass is 507 g/mol. The summed E-state index contributed by atoms with van der Waals surface area (Å²) in [7, 11) is 0. The zero-order valence-electron chi connectivity index (χ0n) is 16.6. The molecule has 5 nitrogen and oxygen atoms in total. The first-order chi connectivity index (χ1) is 12.8. The van der Waals surface area contributed by atoms with Gasteiger partial charge >= 0.3 is 0 Å². The summed E-state index contributed by atoms with van der Waals surface area (Å²) in [4.78, 5) is 11.4. The smallest absolute Gasteiger partial charge is 0.191 e. The van der Waals surface area contributed by atoms with E-state index < -0.39 is 0 Å². The maximum Gasteiger partial charge on any atom is 0.191 e. The van der Waals surface area contributed by atoms with Crippen molar-refractivity contribution in [1.29, 1.82) is 0 Å². The summed E-state index contributed by atoms with van der Waals surface area (Å²) in [5.41, 5.74) is 1.18. The molecule has 1 aliphatic heterocycles. The molecule has 0 unspecified atom stereocenters. The third-order valence-corrected chi connectivity index (χ3v) is 4.91. The van der Waals surface area contributed by atoms with Crippen LogP contribution in [0.3, 0.4) is 0 Å². The van der Waals surface area contributed by atoms with Gasteiger partial charge in [0.2, 0.25) is 0 Å². The van der Waals surface area contributed by atoms with Gasteiger partial charge in [0.05, 0.1) is 0 Å². The third kappa shape index (κ3) is 11.1.